The molecule has 3 aliphatic rings. The van der Waals surface area contributed by atoms with Gasteiger partial charge in [0, 0.05) is 52.3 Å². The summed E-state index contributed by atoms with van der Waals surface area (Å²) in [6.07, 6.45) is 9.20. The van der Waals surface area contributed by atoms with Crippen LogP contribution in [0.1, 0.15) is 60.4 Å². The van der Waals surface area contributed by atoms with Crippen molar-refractivity contribution in [1.82, 2.24) is 14.8 Å². The van der Waals surface area contributed by atoms with Crippen LogP contribution in [0.15, 0.2) is 33.3 Å². The highest BCUT2D eigenvalue weighted by molar-refractivity contribution is 9.10. The Morgan fingerprint density at radius 3 is 2.49 bits per heavy atom. The van der Waals surface area contributed by atoms with Crippen molar-refractivity contribution in [2.24, 2.45) is 11.8 Å². The number of fused-ring (bicyclic) bond motifs is 2. The highest BCUT2D eigenvalue weighted by Crippen LogP contribution is 2.46. The summed E-state index contributed by atoms with van der Waals surface area (Å²) >= 11 is 13.9. The number of pyridine rings is 1. The number of hydrogen-bond donors (Lipinski definition) is 1. The van der Waals surface area contributed by atoms with Gasteiger partial charge in [-0.2, -0.15) is 0 Å². The fourth-order valence-electron chi connectivity index (χ4n) is 6.32. The number of likely N-dealkylation sites (tertiary alicyclic amines) is 2. The van der Waals surface area contributed by atoms with E-state index in [4.69, 9.17) is 16.6 Å². The van der Waals surface area contributed by atoms with E-state index in [1.54, 1.807) is 0 Å². The van der Waals surface area contributed by atoms with Crippen LogP contribution in [-0.2, 0) is 17.6 Å². The molecule has 0 saturated carbocycles. The minimum absolute atomic E-state index is 0.217. The van der Waals surface area contributed by atoms with Gasteiger partial charge in [0.1, 0.15) is 6.23 Å². The van der Waals surface area contributed by atoms with E-state index in [0.29, 0.717) is 11.8 Å². The largest absolute Gasteiger partial charge is 0.378 e. The number of hydrogen-bond acceptors (Lipinski definition) is 4. The van der Waals surface area contributed by atoms with E-state index in [9.17, 15) is 9.90 Å². The predicted octanol–water partition coefficient (Wildman–Crippen LogP) is 5.78. The SMILES string of the molecule is O=CN1CCC(CC(O)N2CCC([C@H]3c4ncc(Br)cc4CCc4cc(Cl)cc(Br)c43)CC2)CC1. The number of aliphatic hydroxyl groups is 1. The standard InChI is InChI=1S/C27H32Br2ClN3O2/c28-21-12-20-2-1-19-13-22(30)14-23(29)25(19)26(27(20)31-15-21)18-5-9-33(10-6-18)24(35)11-17-3-7-32(16-34)8-4-17/h12-18,24,26,35H,1-11H2/t24?,26-/m1/s1. The number of aryl methyl sites for hydroxylation is 2. The average molecular weight is 626 g/mol. The molecule has 1 N–H and O–H groups in total. The molecule has 2 fully saturated rings. The van der Waals surface area contributed by atoms with Gasteiger partial charge in [-0.3, -0.25) is 14.7 Å². The Kier molecular flexibility index (Phi) is 8.19. The van der Waals surface area contributed by atoms with Gasteiger partial charge in [-0.1, -0.05) is 27.5 Å². The molecule has 1 aromatic carbocycles. The summed E-state index contributed by atoms with van der Waals surface area (Å²) in [7, 11) is 0. The smallest absolute Gasteiger partial charge is 0.209 e. The molecule has 35 heavy (non-hydrogen) atoms. The maximum Gasteiger partial charge on any atom is 0.209 e. The van der Waals surface area contributed by atoms with Gasteiger partial charge in [0.15, 0.2) is 0 Å². The first-order valence-corrected chi connectivity index (χ1v) is 14.6. The van der Waals surface area contributed by atoms with Crippen molar-refractivity contribution >= 4 is 49.9 Å². The fourth-order valence-corrected chi connectivity index (χ4v) is 7.82. The third kappa shape index (κ3) is 5.64. The van der Waals surface area contributed by atoms with Crippen LogP contribution in [0.5, 0.6) is 0 Å². The van der Waals surface area contributed by atoms with Crippen LogP contribution in [0, 0.1) is 11.8 Å². The lowest BCUT2D eigenvalue weighted by Crippen LogP contribution is -2.44. The molecule has 0 spiro atoms. The van der Waals surface area contributed by atoms with Gasteiger partial charge < -0.3 is 10.0 Å². The molecule has 1 aliphatic carbocycles. The molecule has 1 amide bonds. The minimum atomic E-state index is -0.405. The number of carbonyl (C=O) groups is 1. The van der Waals surface area contributed by atoms with Gasteiger partial charge in [0.2, 0.25) is 6.41 Å². The van der Waals surface area contributed by atoms with Crippen molar-refractivity contribution < 1.29 is 9.90 Å². The van der Waals surface area contributed by atoms with E-state index in [0.717, 1.165) is 91.5 Å². The topological polar surface area (TPSA) is 56.7 Å². The van der Waals surface area contributed by atoms with Crippen LogP contribution in [0.3, 0.4) is 0 Å². The Morgan fingerprint density at radius 2 is 1.77 bits per heavy atom. The molecule has 0 radical (unpaired) electrons. The molecule has 5 rings (SSSR count). The summed E-state index contributed by atoms with van der Waals surface area (Å²) in [6, 6.07) is 6.38. The summed E-state index contributed by atoms with van der Waals surface area (Å²) in [5, 5.41) is 11.8. The summed E-state index contributed by atoms with van der Waals surface area (Å²) < 4.78 is 2.10. The molecule has 1 aromatic heterocycles. The second kappa shape index (κ2) is 11.2. The van der Waals surface area contributed by atoms with E-state index >= 15 is 0 Å². The number of rotatable bonds is 5. The highest BCUT2D eigenvalue weighted by atomic mass is 79.9. The third-order valence-corrected chi connectivity index (χ3v) is 9.53. The van der Waals surface area contributed by atoms with Gasteiger partial charge in [0.25, 0.3) is 0 Å². The molecule has 3 heterocycles. The second-order valence-corrected chi connectivity index (χ2v) is 12.5. The molecular weight excluding hydrogens is 594 g/mol. The second-order valence-electron chi connectivity index (χ2n) is 10.3. The summed E-state index contributed by atoms with van der Waals surface area (Å²) in [6.45, 7) is 3.40. The van der Waals surface area contributed by atoms with Crippen molar-refractivity contribution in [3.8, 4) is 0 Å². The normalized spacial score (nSPS) is 22.9. The van der Waals surface area contributed by atoms with E-state index < -0.39 is 6.23 Å². The average Bonchev–Trinajstić information content (AvgIpc) is 3.01. The molecule has 8 heteroatoms. The lowest BCUT2D eigenvalue weighted by atomic mass is 9.76. The number of halogens is 3. The monoisotopic (exact) mass is 623 g/mol. The number of piperidine rings is 2. The Morgan fingerprint density at radius 1 is 1.06 bits per heavy atom. The molecule has 2 atom stereocenters. The number of aromatic nitrogens is 1. The quantitative estimate of drug-likeness (QED) is 0.429. The van der Waals surface area contributed by atoms with Crippen molar-refractivity contribution in [1.29, 1.82) is 0 Å². The lowest BCUT2D eigenvalue weighted by Gasteiger charge is -2.40. The zero-order chi connectivity index (χ0) is 24.5. The Balaban J connectivity index is 1.32. The Labute approximate surface area is 229 Å². The fraction of sp³-hybridized carbons (Fsp3) is 0.556. The van der Waals surface area contributed by atoms with E-state index in [1.807, 2.05) is 17.2 Å². The van der Waals surface area contributed by atoms with Crippen LogP contribution in [-0.4, -0.2) is 58.7 Å². The maximum atomic E-state index is 11.0. The van der Waals surface area contributed by atoms with E-state index in [2.05, 4.69) is 48.9 Å². The molecular formula is C27H32Br2ClN3O2. The van der Waals surface area contributed by atoms with Gasteiger partial charge in [0.05, 0.1) is 5.69 Å². The van der Waals surface area contributed by atoms with Crippen molar-refractivity contribution in [2.75, 3.05) is 26.2 Å². The maximum absolute atomic E-state index is 11.0. The molecule has 2 aliphatic heterocycles. The number of aliphatic hydroxyl groups excluding tert-OH is 1. The third-order valence-electron chi connectivity index (χ3n) is 8.23. The van der Waals surface area contributed by atoms with Crippen LogP contribution >= 0.6 is 43.5 Å². The van der Waals surface area contributed by atoms with Gasteiger partial charge in [-0.05, 0) is 108 Å². The van der Waals surface area contributed by atoms with Gasteiger partial charge in [-0.15, -0.1) is 0 Å². The van der Waals surface area contributed by atoms with E-state index in [-0.39, 0.29) is 5.92 Å². The van der Waals surface area contributed by atoms with Crippen LogP contribution < -0.4 is 0 Å². The zero-order valence-corrected chi connectivity index (χ0v) is 23.7. The number of carbonyl (C=O) groups excluding carboxylic acids is 1. The predicted molar refractivity (Wildman–Crippen MR) is 146 cm³/mol. The summed E-state index contributed by atoms with van der Waals surface area (Å²) in [5.74, 6) is 1.16. The Hall–Kier alpha value is -0.990. The Bertz CT molecular complexity index is 1070. The van der Waals surface area contributed by atoms with Crippen molar-refractivity contribution in [3.63, 3.8) is 0 Å². The first-order chi connectivity index (χ1) is 16.9. The van der Waals surface area contributed by atoms with Crippen LogP contribution in [0.2, 0.25) is 5.02 Å². The van der Waals surface area contributed by atoms with Crippen molar-refractivity contribution in [3.05, 3.63) is 60.7 Å². The van der Waals surface area contributed by atoms with Crippen molar-refractivity contribution in [2.45, 2.75) is 57.1 Å². The molecule has 0 bridgehead atoms. The van der Waals surface area contributed by atoms with Gasteiger partial charge in [-0.25, -0.2) is 0 Å². The number of amides is 1. The van der Waals surface area contributed by atoms with Crippen LogP contribution in [0.25, 0.3) is 0 Å². The molecule has 188 valence electrons. The van der Waals surface area contributed by atoms with Crippen LogP contribution in [0.4, 0.5) is 0 Å². The number of benzene rings is 1. The lowest BCUT2D eigenvalue weighted by molar-refractivity contribution is -0.119. The number of nitrogens with zero attached hydrogens (tertiary/aromatic N) is 3. The van der Waals surface area contributed by atoms with E-state index in [1.165, 1.54) is 22.4 Å². The summed E-state index contributed by atoms with van der Waals surface area (Å²) in [5.41, 5.74) is 5.15. The summed E-state index contributed by atoms with van der Waals surface area (Å²) in [4.78, 5) is 20.0. The molecule has 2 saturated heterocycles. The first-order valence-electron chi connectivity index (χ1n) is 12.7. The highest BCUT2D eigenvalue weighted by Gasteiger charge is 2.37. The molecule has 2 aromatic rings. The van der Waals surface area contributed by atoms with Gasteiger partial charge >= 0.3 is 0 Å². The molecule has 1 unspecified atom stereocenters. The minimum Gasteiger partial charge on any atom is -0.378 e. The first kappa shape index (κ1) is 25.7. The molecule has 5 nitrogen and oxygen atoms in total. The zero-order valence-electron chi connectivity index (χ0n) is 19.8.